The van der Waals surface area contributed by atoms with Gasteiger partial charge in [0.2, 0.25) is 0 Å². The van der Waals surface area contributed by atoms with Gasteiger partial charge >= 0.3 is 0 Å². The van der Waals surface area contributed by atoms with E-state index in [0.717, 1.165) is 17.1 Å². The van der Waals surface area contributed by atoms with Crippen LogP contribution in [0.2, 0.25) is 0 Å². The average molecular weight is 812 g/mol. The van der Waals surface area contributed by atoms with Gasteiger partial charge in [-0.05, 0) is 127 Å². The van der Waals surface area contributed by atoms with Gasteiger partial charge < -0.3 is 4.90 Å². The van der Waals surface area contributed by atoms with Crippen molar-refractivity contribution in [2.75, 3.05) is 4.90 Å². The second kappa shape index (κ2) is 13.8. The van der Waals surface area contributed by atoms with Crippen LogP contribution in [0, 0.1) is 0 Å². The average Bonchev–Trinajstić information content (AvgIpc) is 3.89. The van der Waals surface area contributed by atoms with E-state index in [9.17, 15) is 0 Å². The molecule has 0 fully saturated rings. The topological polar surface area (TPSA) is 3.24 Å². The summed E-state index contributed by atoms with van der Waals surface area (Å²) in [6.07, 6.45) is 0. The van der Waals surface area contributed by atoms with Gasteiger partial charge in [0, 0.05) is 47.9 Å². The van der Waals surface area contributed by atoms with Crippen molar-refractivity contribution < 1.29 is 0 Å². The third-order valence-corrected chi connectivity index (χ3v) is 15.1. The molecule has 1 nitrogen and oxygen atoms in total. The van der Waals surface area contributed by atoms with Crippen LogP contribution in [-0.4, -0.2) is 0 Å². The maximum Gasteiger partial charge on any atom is 0.0540 e. The summed E-state index contributed by atoms with van der Waals surface area (Å²) >= 11 is 1.87. The molecule has 2 aliphatic carbocycles. The van der Waals surface area contributed by atoms with Gasteiger partial charge in [-0.15, -0.1) is 11.3 Å². The lowest BCUT2D eigenvalue weighted by molar-refractivity contribution is 0.660. The molecule has 0 saturated carbocycles. The van der Waals surface area contributed by atoms with E-state index in [0.29, 0.717) is 0 Å². The molecule has 62 heavy (non-hydrogen) atoms. The number of benzene rings is 9. The molecule has 0 spiro atoms. The fourth-order valence-electron chi connectivity index (χ4n) is 10.7. The van der Waals surface area contributed by atoms with E-state index in [4.69, 9.17) is 0 Å². The molecule has 0 unspecified atom stereocenters. The van der Waals surface area contributed by atoms with Crippen molar-refractivity contribution >= 4 is 48.6 Å². The summed E-state index contributed by atoms with van der Waals surface area (Å²) in [6.45, 7) is 9.42. The van der Waals surface area contributed by atoms with Crippen LogP contribution >= 0.6 is 11.3 Å². The van der Waals surface area contributed by atoms with Gasteiger partial charge in [0.25, 0.3) is 0 Å². The van der Waals surface area contributed by atoms with Crippen LogP contribution in [-0.2, 0) is 10.8 Å². The zero-order valence-electron chi connectivity index (χ0n) is 35.4. The quantitative estimate of drug-likeness (QED) is 0.162. The van der Waals surface area contributed by atoms with Crippen molar-refractivity contribution in [3.05, 3.63) is 222 Å². The second-order valence-electron chi connectivity index (χ2n) is 18.1. The van der Waals surface area contributed by atoms with Crippen LogP contribution in [0.1, 0.15) is 49.9 Å². The van der Waals surface area contributed by atoms with Crippen LogP contribution in [0.15, 0.2) is 200 Å². The number of para-hydroxylation sites is 1. The zero-order valence-corrected chi connectivity index (χ0v) is 36.2. The van der Waals surface area contributed by atoms with Crippen LogP contribution in [0.25, 0.3) is 75.8 Å². The van der Waals surface area contributed by atoms with Gasteiger partial charge in [0.1, 0.15) is 0 Å². The van der Waals surface area contributed by atoms with Gasteiger partial charge in [-0.2, -0.15) is 0 Å². The summed E-state index contributed by atoms with van der Waals surface area (Å²) in [5.41, 5.74) is 21.5. The van der Waals surface area contributed by atoms with Crippen molar-refractivity contribution in [2.45, 2.75) is 38.5 Å². The van der Waals surface area contributed by atoms with Gasteiger partial charge in [-0.3, -0.25) is 0 Å². The molecule has 9 aromatic carbocycles. The molecule has 0 radical (unpaired) electrons. The molecule has 1 heterocycles. The molecule has 0 saturated heterocycles. The smallest absolute Gasteiger partial charge is 0.0540 e. The summed E-state index contributed by atoms with van der Waals surface area (Å²) in [5, 5.41) is 2.63. The molecule has 2 heteroatoms. The molecule has 0 amide bonds. The Morgan fingerprint density at radius 2 is 0.903 bits per heavy atom. The molecular formula is C60H45NS. The number of fused-ring (bicyclic) bond motifs is 9. The number of hydrogen-bond acceptors (Lipinski definition) is 2. The van der Waals surface area contributed by atoms with E-state index in [2.05, 4.69) is 233 Å². The predicted octanol–water partition coefficient (Wildman–Crippen LogP) is 17.1. The first-order valence-corrected chi connectivity index (χ1v) is 22.6. The number of thiophene rings is 1. The third-order valence-electron chi connectivity index (χ3n) is 13.9. The van der Waals surface area contributed by atoms with Gasteiger partial charge in [0.05, 0.1) is 5.69 Å². The van der Waals surface area contributed by atoms with E-state index in [-0.39, 0.29) is 10.8 Å². The minimum absolute atomic E-state index is 0.0172. The summed E-state index contributed by atoms with van der Waals surface area (Å²) in [5.74, 6) is 0. The highest BCUT2D eigenvalue weighted by Crippen LogP contribution is 2.54. The molecule has 10 aromatic rings. The molecular weight excluding hydrogens is 767 g/mol. The minimum Gasteiger partial charge on any atom is -0.310 e. The SMILES string of the molecule is CC1(C)c2ccccc2-c2cc(-c3ccc(N(c4cccc(-c5ccc6sc7ccccc7c6c5)c4)c4ccccc4-c4cccc5c4-c4ccccc4C5(C)C)cc3)ccc21. The molecule has 0 bridgehead atoms. The number of hydrogen-bond donors (Lipinski definition) is 0. The molecule has 2 aliphatic rings. The fraction of sp³-hybridized carbons (Fsp3) is 0.100. The molecule has 1 aromatic heterocycles. The van der Waals surface area contributed by atoms with Crippen LogP contribution in [0.5, 0.6) is 0 Å². The number of anilines is 3. The Hall–Kier alpha value is -7.00. The lowest BCUT2D eigenvalue weighted by atomic mass is 9.82. The van der Waals surface area contributed by atoms with Gasteiger partial charge in [-0.1, -0.05) is 173 Å². The van der Waals surface area contributed by atoms with E-state index in [1.54, 1.807) is 0 Å². The highest BCUT2D eigenvalue weighted by Gasteiger charge is 2.37. The van der Waals surface area contributed by atoms with E-state index < -0.39 is 0 Å². The zero-order chi connectivity index (χ0) is 41.7. The summed E-state index contributed by atoms with van der Waals surface area (Å²) in [4.78, 5) is 2.47. The maximum atomic E-state index is 2.47. The minimum atomic E-state index is -0.0923. The fourth-order valence-corrected chi connectivity index (χ4v) is 11.8. The van der Waals surface area contributed by atoms with Crippen LogP contribution in [0.4, 0.5) is 17.1 Å². The van der Waals surface area contributed by atoms with Crippen molar-refractivity contribution in [1.29, 1.82) is 0 Å². The Morgan fingerprint density at radius 3 is 1.74 bits per heavy atom. The molecule has 0 N–H and O–H groups in total. The van der Waals surface area contributed by atoms with E-state index in [1.165, 1.54) is 98.1 Å². The number of rotatable bonds is 6. The highest BCUT2D eigenvalue weighted by molar-refractivity contribution is 7.25. The largest absolute Gasteiger partial charge is 0.310 e. The van der Waals surface area contributed by atoms with Crippen LogP contribution in [0.3, 0.4) is 0 Å². The first-order chi connectivity index (χ1) is 30.3. The standard InChI is InChI=1S/C60H45NS/c1-59(2)51-22-9-5-17-44(51)49-36-40(29-33-53(49)59)38-27-31-42(32-28-38)61(43-16-13-15-39(35-43)41-30-34-57-50(37-41)46-19-8-12-26-56(46)62-57)55-25-11-7-18-45(55)47-21-14-24-54-58(47)48-20-6-10-23-52(48)60(54,3)4/h5-37H,1-4H3. The van der Waals surface area contributed by atoms with Gasteiger partial charge in [0.15, 0.2) is 0 Å². The van der Waals surface area contributed by atoms with E-state index >= 15 is 0 Å². The van der Waals surface area contributed by atoms with Crippen molar-refractivity contribution in [1.82, 2.24) is 0 Å². The third kappa shape index (κ3) is 5.53. The highest BCUT2D eigenvalue weighted by atomic mass is 32.1. The Morgan fingerprint density at radius 1 is 0.339 bits per heavy atom. The monoisotopic (exact) mass is 811 g/mol. The first kappa shape index (κ1) is 36.8. The molecule has 12 rings (SSSR count). The summed E-state index contributed by atoms with van der Waals surface area (Å²) < 4.78 is 2.64. The molecule has 0 atom stereocenters. The van der Waals surface area contributed by atoms with Crippen LogP contribution < -0.4 is 4.90 Å². The summed E-state index contributed by atoms with van der Waals surface area (Å²) in [7, 11) is 0. The Bertz CT molecular complexity index is 3420. The van der Waals surface area contributed by atoms with Crippen molar-refractivity contribution in [2.24, 2.45) is 0 Å². The number of nitrogens with zero attached hydrogens (tertiary/aromatic N) is 1. The summed E-state index contributed by atoms with van der Waals surface area (Å²) in [6, 6.07) is 74.8. The second-order valence-corrected chi connectivity index (χ2v) is 19.2. The first-order valence-electron chi connectivity index (χ1n) is 21.8. The Labute approximate surface area is 368 Å². The lowest BCUT2D eigenvalue weighted by Gasteiger charge is -2.29. The Kier molecular flexibility index (Phi) is 8.17. The van der Waals surface area contributed by atoms with Crippen molar-refractivity contribution in [3.63, 3.8) is 0 Å². The lowest BCUT2D eigenvalue weighted by Crippen LogP contribution is -2.15. The van der Waals surface area contributed by atoms with Gasteiger partial charge in [-0.25, -0.2) is 0 Å². The molecule has 296 valence electrons. The maximum absolute atomic E-state index is 2.47. The normalized spacial score (nSPS) is 14.1. The predicted molar refractivity (Wildman–Crippen MR) is 265 cm³/mol. The van der Waals surface area contributed by atoms with E-state index in [1.807, 2.05) is 11.3 Å². The Balaban J connectivity index is 1.02. The molecule has 0 aliphatic heterocycles. The van der Waals surface area contributed by atoms with Crippen molar-refractivity contribution in [3.8, 4) is 55.6 Å².